The number of nitriles is 1. The van der Waals surface area contributed by atoms with Crippen LogP contribution in [0, 0.1) is 25.2 Å². The number of nitrogens with zero attached hydrogens (tertiary/aromatic N) is 2. The molecule has 0 aliphatic carbocycles. The predicted octanol–water partition coefficient (Wildman–Crippen LogP) is 3.24. The van der Waals surface area contributed by atoms with Crippen LogP contribution in [-0.2, 0) is 0 Å². The van der Waals surface area contributed by atoms with Crippen molar-refractivity contribution in [2.45, 2.75) is 13.8 Å². The third-order valence-electron chi connectivity index (χ3n) is 2.58. The van der Waals surface area contributed by atoms with Gasteiger partial charge in [-0.15, -0.1) is 0 Å². The Morgan fingerprint density at radius 3 is 2.38 bits per heavy atom. The zero-order valence-electron chi connectivity index (χ0n) is 9.36. The molecular weight excluding hydrogens is 196 g/mol. The number of hydrogen-bond acceptors (Lipinski definition) is 2. The van der Waals surface area contributed by atoms with Crippen molar-refractivity contribution < 1.29 is 0 Å². The number of hydrogen-bond donors (Lipinski definition) is 0. The molecule has 0 spiro atoms. The predicted molar refractivity (Wildman–Crippen MR) is 63.9 cm³/mol. The van der Waals surface area contributed by atoms with E-state index < -0.39 is 0 Å². The first-order valence-corrected chi connectivity index (χ1v) is 5.14. The maximum absolute atomic E-state index is 8.83. The van der Waals surface area contributed by atoms with Crippen molar-refractivity contribution in [2.24, 2.45) is 0 Å². The van der Waals surface area contributed by atoms with Gasteiger partial charge in [-0.3, -0.25) is 4.98 Å². The molecule has 0 aliphatic rings. The van der Waals surface area contributed by atoms with Gasteiger partial charge in [0.25, 0.3) is 0 Å². The third-order valence-corrected chi connectivity index (χ3v) is 2.58. The fraction of sp³-hybridized carbons (Fsp3) is 0.143. The molecule has 0 unspecified atom stereocenters. The Morgan fingerprint density at radius 1 is 1.12 bits per heavy atom. The van der Waals surface area contributed by atoms with Gasteiger partial charge in [-0.05, 0) is 25.5 Å². The van der Waals surface area contributed by atoms with Crippen molar-refractivity contribution in [2.75, 3.05) is 0 Å². The molecule has 0 radical (unpaired) electrons. The third kappa shape index (κ3) is 1.94. The summed E-state index contributed by atoms with van der Waals surface area (Å²) in [4.78, 5) is 4.29. The van der Waals surface area contributed by atoms with Crippen LogP contribution >= 0.6 is 0 Å². The van der Waals surface area contributed by atoms with Gasteiger partial charge in [0.2, 0.25) is 0 Å². The summed E-state index contributed by atoms with van der Waals surface area (Å²) in [6, 6.07) is 12.3. The van der Waals surface area contributed by atoms with Gasteiger partial charge in [0, 0.05) is 11.8 Å². The zero-order chi connectivity index (χ0) is 11.5. The summed E-state index contributed by atoms with van der Waals surface area (Å²) in [7, 11) is 0. The number of rotatable bonds is 1. The lowest BCUT2D eigenvalue weighted by Gasteiger charge is -2.03. The van der Waals surface area contributed by atoms with Crippen LogP contribution < -0.4 is 0 Å². The van der Waals surface area contributed by atoms with E-state index in [2.05, 4.69) is 30.1 Å². The van der Waals surface area contributed by atoms with Crippen LogP contribution in [0.2, 0.25) is 0 Å². The van der Waals surface area contributed by atoms with E-state index in [-0.39, 0.29) is 0 Å². The van der Waals surface area contributed by atoms with Crippen LogP contribution in [0.25, 0.3) is 11.3 Å². The maximum Gasteiger partial charge on any atom is 0.101 e. The van der Waals surface area contributed by atoms with Crippen LogP contribution in [-0.4, -0.2) is 4.98 Å². The first-order valence-electron chi connectivity index (χ1n) is 5.14. The molecular formula is C14H12N2. The van der Waals surface area contributed by atoms with Crippen molar-refractivity contribution in [3.8, 4) is 17.3 Å². The molecule has 1 aromatic heterocycles. The van der Waals surface area contributed by atoms with Crippen molar-refractivity contribution in [3.63, 3.8) is 0 Å². The lowest BCUT2D eigenvalue weighted by atomic mass is 10.1. The van der Waals surface area contributed by atoms with Gasteiger partial charge >= 0.3 is 0 Å². The van der Waals surface area contributed by atoms with E-state index >= 15 is 0 Å². The number of pyridine rings is 1. The molecule has 0 N–H and O–H groups in total. The van der Waals surface area contributed by atoms with Gasteiger partial charge in [-0.2, -0.15) is 5.26 Å². The van der Waals surface area contributed by atoms with E-state index in [0.29, 0.717) is 5.56 Å². The van der Waals surface area contributed by atoms with E-state index in [1.54, 1.807) is 6.20 Å². The highest BCUT2D eigenvalue weighted by Crippen LogP contribution is 2.19. The second-order valence-electron chi connectivity index (χ2n) is 3.86. The van der Waals surface area contributed by atoms with E-state index in [4.69, 9.17) is 5.26 Å². The second-order valence-corrected chi connectivity index (χ2v) is 3.86. The first kappa shape index (κ1) is 10.4. The van der Waals surface area contributed by atoms with Crippen molar-refractivity contribution in [1.82, 2.24) is 4.98 Å². The van der Waals surface area contributed by atoms with Crippen LogP contribution in [0.5, 0.6) is 0 Å². The quantitative estimate of drug-likeness (QED) is 0.721. The Bertz CT molecular complexity index is 548. The summed E-state index contributed by atoms with van der Waals surface area (Å²) in [6.45, 7) is 3.99. The van der Waals surface area contributed by atoms with Crippen molar-refractivity contribution in [1.29, 1.82) is 5.26 Å². The monoisotopic (exact) mass is 208 g/mol. The number of aryl methyl sites for hydroxylation is 2. The summed E-state index contributed by atoms with van der Waals surface area (Å²) in [5, 5.41) is 8.83. The Labute approximate surface area is 95.2 Å². The molecule has 0 fully saturated rings. The van der Waals surface area contributed by atoms with Gasteiger partial charge in [-0.25, -0.2) is 0 Å². The minimum atomic E-state index is 0.635. The number of aromatic nitrogens is 1. The molecule has 16 heavy (non-hydrogen) atoms. The summed E-state index contributed by atoms with van der Waals surface area (Å²) < 4.78 is 0. The molecule has 1 heterocycles. The molecule has 1 aromatic carbocycles. The molecule has 0 atom stereocenters. The standard InChI is InChI=1S/C14H12N2/c1-10-3-5-12(6-4-10)14-7-11(2)13(8-15)9-16-14/h3-7,9H,1-2H3. The van der Waals surface area contributed by atoms with E-state index in [0.717, 1.165) is 16.8 Å². The van der Waals surface area contributed by atoms with Crippen LogP contribution in [0.3, 0.4) is 0 Å². The highest BCUT2D eigenvalue weighted by molar-refractivity contribution is 5.61. The summed E-state index contributed by atoms with van der Waals surface area (Å²) in [5.74, 6) is 0. The summed E-state index contributed by atoms with van der Waals surface area (Å²) in [5.41, 5.74) is 4.83. The van der Waals surface area contributed by atoms with Gasteiger partial charge in [0.05, 0.1) is 11.3 Å². The molecule has 2 rings (SSSR count). The van der Waals surface area contributed by atoms with Gasteiger partial charge in [0.15, 0.2) is 0 Å². The maximum atomic E-state index is 8.83. The molecule has 2 heteroatoms. The van der Waals surface area contributed by atoms with Crippen molar-refractivity contribution in [3.05, 3.63) is 53.2 Å². The van der Waals surface area contributed by atoms with E-state index in [1.807, 2.05) is 25.1 Å². The fourth-order valence-corrected chi connectivity index (χ4v) is 1.56. The Hall–Kier alpha value is -2.14. The SMILES string of the molecule is Cc1ccc(-c2cc(C)c(C#N)cn2)cc1. The Balaban J connectivity index is 2.46. The number of benzene rings is 1. The Kier molecular flexibility index (Phi) is 2.70. The Morgan fingerprint density at radius 2 is 1.81 bits per heavy atom. The van der Waals surface area contributed by atoms with E-state index in [1.165, 1.54) is 5.56 Å². The highest BCUT2D eigenvalue weighted by atomic mass is 14.7. The largest absolute Gasteiger partial charge is 0.255 e. The zero-order valence-corrected chi connectivity index (χ0v) is 9.36. The highest BCUT2D eigenvalue weighted by Gasteiger charge is 2.02. The minimum Gasteiger partial charge on any atom is -0.255 e. The average molecular weight is 208 g/mol. The second kappa shape index (κ2) is 4.16. The molecule has 0 saturated heterocycles. The van der Waals surface area contributed by atoms with E-state index in [9.17, 15) is 0 Å². The normalized spacial score (nSPS) is 9.81. The van der Waals surface area contributed by atoms with Gasteiger partial charge in [-0.1, -0.05) is 29.8 Å². The summed E-state index contributed by atoms with van der Waals surface area (Å²) in [6.07, 6.45) is 1.63. The van der Waals surface area contributed by atoms with Gasteiger partial charge in [0.1, 0.15) is 6.07 Å². The molecule has 2 nitrogen and oxygen atoms in total. The lowest BCUT2D eigenvalue weighted by Crippen LogP contribution is -1.89. The molecule has 2 aromatic rings. The smallest absolute Gasteiger partial charge is 0.101 e. The van der Waals surface area contributed by atoms with Crippen molar-refractivity contribution >= 4 is 0 Å². The topological polar surface area (TPSA) is 36.7 Å². The van der Waals surface area contributed by atoms with Crippen LogP contribution in [0.1, 0.15) is 16.7 Å². The summed E-state index contributed by atoms with van der Waals surface area (Å²) >= 11 is 0. The fourth-order valence-electron chi connectivity index (χ4n) is 1.56. The van der Waals surface area contributed by atoms with Gasteiger partial charge < -0.3 is 0 Å². The molecule has 0 amide bonds. The van der Waals surface area contributed by atoms with Crippen LogP contribution in [0.15, 0.2) is 36.5 Å². The molecule has 78 valence electrons. The lowest BCUT2D eigenvalue weighted by molar-refractivity contribution is 1.25. The molecule has 0 saturated carbocycles. The molecule has 0 bridgehead atoms. The average Bonchev–Trinajstić information content (AvgIpc) is 2.30. The first-order chi connectivity index (χ1) is 7.70. The molecule has 0 aliphatic heterocycles. The van der Waals surface area contributed by atoms with Crippen LogP contribution in [0.4, 0.5) is 0 Å². The minimum absolute atomic E-state index is 0.635.